The lowest BCUT2D eigenvalue weighted by molar-refractivity contribution is 0.739. The molecule has 0 unspecified atom stereocenters. The molecule has 3 N–H and O–H groups in total. The molecule has 98 valence electrons. The smallest absolute Gasteiger partial charge is 0 e. The third-order valence-electron chi connectivity index (χ3n) is 0.656. The van der Waals surface area contributed by atoms with Crippen LogP contribution in [0, 0.1) is 5.53 Å². The third kappa shape index (κ3) is 14.2. The van der Waals surface area contributed by atoms with E-state index in [9.17, 15) is 0 Å². The second-order valence-corrected chi connectivity index (χ2v) is 1.56. The van der Waals surface area contributed by atoms with Crippen LogP contribution in [0.15, 0.2) is 88.8 Å². The number of nitrogens with one attached hydrogen (secondary N) is 1. The van der Waals surface area contributed by atoms with Crippen molar-refractivity contribution in [3.8, 4) is 0 Å². The van der Waals surface area contributed by atoms with Gasteiger partial charge < -0.3 is 5.84 Å². The summed E-state index contributed by atoms with van der Waals surface area (Å²) in [5.74, 6) is 4.59. The monoisotopic (exact) mass is 269 g/mol. The first kappa shape index (κ1) is 15.2. The fraction of sp³-hybridized carbons (Fsp3) is 0. The Balaban J connectivity index is 3.84. The third-order valence-corrected chi connectivity index (χ3v) is 0.656. The average Bonchev–Trinajstić information content (AvgIpc) is 2.43. The van der Waals surface area contributed by atoms with Gasteiger partial charge in [-0.05, 0) is 78.3 Å². The summed E-state index contributed by atoms with van der Waals surface area (Å²) in [6.45, 7) is 0. The van der Waals surface area contributed by atoms with Gasteiger partial charge in [0.25, 0.3) is 0 Å². The lowest BCUT2D eigenvalue weighted by Gasteiger charge is -1.69. The average molecular weight is 269 g/mol. The maximum atomic E-state index is 6.18. The molecule has 0 spiro atoms. The van der Waals surface area contributed by atoms with E-state index in [0.29, 0.717) is 0 Å². The van der Waals surface area contributed by atoms with Crippen molar-refractivity contribution >= 4 is 0 Å². The molecule has 0 atom stereocenters. The van der Waals surface area contributed by atoms with Gasteiger partial charge in [-0.1, -0.05) is 5.22 Å². The zero-order valence-electron chi connectivity index (χ0n) is 8.68. The first-order chi connectivity index (χ1) is 9.41. The van der Waals surface area contributed by atoms with Crippen LogP contribution in [0.3, 0.4) is 0 Å². The van der Waals surface area contributed by atoms with E-state index in [4.69, 9.17) is 5.53 Å². The van der Waals surface area contributed by atoms with Gasteiger partial charge in [-0.15, -0.1) is 0 Å². The van der Waals surface area contributed by atoms with Crippen molar-refractivity contribution in [2.45, 2.75) is 0 Å². The Kier molecular flexibility index (Phi) is 11.4. The van der Waals surface area contributed by atoms with Crippen LogP contribution >= 0.6 is 0 Å². The molecule has 0 aliphatic heterocycles. The van der Waals surface area contributed by atoms with E-state index in [2.05, 4.69) is 94.6 Å². The summed E-state index contributed by atoms with van der Waals surface area (Å²) in [4.78, 5) is 0. The van der Waals surface area contributed by atoms with E-state index < -0.39 is 0 Å². The highest BCUT2D eigenvalue weighted by molar-refractivity contribution is 4.13. The van der Waals surface area contributed by atoms with Crippen molar-refractivity contribution in [3.63, 3.8) is 0 Å². The summed E-state index contributed by atoms with van der Waals surface area (Å²) >= 11 is 0. The van der Waals surface area contributed by atoms with E-state index in [1.165, 1.54) is 0 Å². The van der Waals surface area contributed by atoms with Crippen LogP contribution in [0.2, 0.25) is 0 Å². The summed E-state index contributed by atoms with van der Waals surface area (Å²) in [5, 5.41) is 49.2. The molecule has 0 saturated heterocycles. The summed E-state index contributed by atoms with van der Waals surface area (Å²) in [5.41, 5.74) is 6.18. The van der Waals surface area contributed by atoms with Gasteiger partial charge in [0.05, 0.1) is 0 Å². The van der Waals surface area contributed by atoms with Gasteiger partial charge in [0, 0.05) is 5.22 Å². The van der Waals surface area contributed by atoms with E-state index in [1.54, 1.807) is 0 Å². The van der Waals surface area contributed by atoms with E-state index in [-0.39, 0.29) is 0 Å². The molecule has 0 aromatic rings. The summed E-state index contributed by atoms with van der Waals surface area (Å²) in [6.07, 6.45) is 0. The molecule has 0 aromatic heterocycles. The fourth-order valence-electron chi connectivity index (χ4n) is 0.276. The number of rotatable bonds is 8. The quantitative estimate of drug-likeness (QED) is 0.375. The van der Waals surface area contributed by atoms with Gasteiger partial charge in [0.15, 0.2) is 0 Å². The second-order valence-electron chi connectivity index (χ2n) is 1.56. The predicted molar refractivity (Wildman–Crippen MR) is 48.2 cm³/mol. The van der Waals surface area contributed by atoms with Crippen molar-refractivity contribution in [3.05, 3.63) is 0 Å². The second kappa shape index (κ2) is 14.2. The highest BCUT2D eigenvalue weighted by Gasteiger charge is 1.70. The topological polar surface area (TPSA) is 260 Å². The molecular weight excluding hydrogens is 266 g/mol. The zero-order valence-corrected chi connectivity index (χ0v) is 8.68. The molecule has 0 saturated carbocycles. The molecule has 0 fully saturated rings. The highest BCUT2D eigenvalue weighted by atomic mass is 15.7. The van der Waals surface area contributed by atoms with Crippen LogP contribution < -0.4 is 5.84 Å². The Labute approximate surface area is 101 Å². The molecule has 0 rings (SSSR count). The van der Waals surface area contributed by atoms with E-state index in [0.717, 1.165) is 0 Å². The van der Waals surface area contributed by atoms with Crippen molar-refractivity contribution in [1.29, 1.82) is 5.53 Å². The maximum absolute atomic E-state index is 6.18. The van der Waals surface area contributed by atoms with Crippen LogP contribution in [0.4, 0.5) is 0 Å². The normalized spacial score (nSPS) is 14.1. The Bertz CT molecular complexity index is 433. The minimum absolute atomic E-state index is 2.50. The lowest BCUT2D eigenvalue weighted by Crippen LogP contribution is -1.70. The van der Waals surface area contributed by atoms with Gasteiger partial charge in [-0.2, -0.15) is 5.53 Å². The first-order valence-electron chi connectivity index (χ1n) is 3.68. The van der Waals surface area contributed by atoms with Gasteiger partial charge >= 0.3 is 0 Å². The number of hydrogen-bond donors (Lipinski definition) is 2. The Morgan fingerprint density at radius 3 is 0.947 bits per heavy atom. The van der Waals surface area contributed by atoms with Crippen LogP contribution in [0.5, 0.6) is 0 Å². The Morgan fingerprint density at radius 2 is 0.684 bits per heavy atom. The lowest BCUT2D eigenvalue weighted by atomic mass is 12.3. The van der Waals surface area contributed by atoms with Crippen molar-refractivity contribution in [2.24, 2.45) is 94.6 Å². The van der Waals surface area contributed by atoms with Gasteiger partial charge in [-0.3, -0.25) is 0 Å². The number of nitrogens with zero attached hydrogens (tertiary/aromatic N) is 17. The SMILES string of the molecule is N=N/N=N/N=N/N=N/N=N/N=N/N=N/N=N/N=N/N. The minimum atomic E-state index is 2.50. The largest absolute Gasteiger partial charge is 0.303 e. The fourth-order valence-corrected chi connectivity index (χ4v) is 0.276. The van der Waals surface area contributed by atoms with Gasteiger partial charge in [-0.25, -0.2) is 0 Å². The zero-order chi connectivity index (χ0) is 14.0. The minimum Gasteiger partial charge on any atom is -0.303 e. The van der Waals surface area contributed by atoms with Crippen molar-refractivity contribution in [2.75, 3.05) is 0 Å². The van der Waals surface area contributed by atoms with Crippen LogP contribution in [0.1, 0.15) is 0 Å². The predicted octanol–water partition coefficient (Wildman–Crippen LogP) is 2.83. The molecule has 0 bridgehead atoms. The standard InChI is InChI=1S/H3N19/c1-3-5-7-9-11-13-15-17-19-18-16-14-12-10-8-6-4-2/h(H3,1,2,5,6,9,10,13,14,17,18). The molecule has 19 nitrogen and oxygen atoms in total. The Morgan fingerprint density at radius 1 is 0.421 bits per heavy atom. The van der Waals surface area contributed by atoms with Crippen molar-refractivity contribution in [1.82, 2.24) is 0 Å². The van der Waals surface area contributed by atoms with Gasteiger partial charge in [0.1, 0.15) is 0 Å². The summed E-state index contributed by atoms with van der Waals surface area (Å²) in [7, 11) is 0. The van der Waals surface area contributed by atoms with Gasteiger partial charge in [0.2, 0.25) is 0 Å². The number of hydrogen-bond acceptors (Lipinski definition) is 2. The molecule has 0 aliphatic carbocycles. The van der Waals surface area contributed by atoms with Crippen LogP contribution in [-0.2, 0) is 0 Å². The van der Waals surface area contributed by atoms with Crippen molar-refractivity contribution < 1.29 is 0 Å². The molecule has 0 amide bonds. The summed E-state index contributed by atoms with van der Waals surface area (Å²) in [6, 6.07) is 0. The molecular formula is H3N19. The highest BCUT2D eigenvalue weighted by Crippen LogP contribution is 1.88. The van der Waals surface area contributed by atoms with Crippen LogP contribution in [0.25, 0.3) is 0 Å². The number of nitrogens with two attached hydrogens (primary N) is 1. The molecule has 0 heterocycles. The molecule has 0 aromatic carbocycles. The molecule has 19 heavy (non-hydrogen) atoms. The van der Waals surface area contributed by atoms with Crippen LogP contribution in [-0.4, -0.2) is 0 Å². The molecule has 19 heteroatoms. The summed E-state index contributed by atoms with van der Waals surface area (Å²) < 4.78 is 0. The molecule has 0 aliphatic rings. The van der Waals surface area contributed by atoms with E-state index >= 15 is 0 Å². The Hall–Kier alpha value is -3.80. The maximum Gasteiger partial charge on any atom is 0 e. The first-order valence-corrected chi connectivity index (χ1v) is 3.68. The van der Waals surface area contributed by atoms with E-state index in [1.807, 2.05) is 0 Å². The molecule has 0 radical (unpaired) electrons.